The van der Waals surface area contributed by atoms with Crippen molar-refractivity contribution in [2.75, 3.05) is 0 Å². The molecular formula is C9H13NO3. The summed E-state index contributed by atoms with van der Waals surface area (Å²) in [5.74, 6) is -0.466. The van der Waals surface area contributed by atoms with Crippen LogP contribution in [0.2, 0.25) is 0 Å². The number of carbonyl (C=O) groups is 1. The van der Waals surface area contributed by atoms with Gasteiger partial charge in [-0.15, -0.1) is 0 Å². The molecule has 0 aromatic carbocycles. The Labute approximate surface area is 76.2 Å². The molecule has 0 amide bonds. The summed E-state index contributed by atoms with van der Waals surface area (Å²) in [6.45, 7) is 0. The van der Waals surface area contributed by atoms with Crippen LogP contribution in [0, 0.1) is 17.8 Å². The van der Waals surface area contributed by atoms with E-state index in [0.29, 0.717) is 12.8 Å². The maximum absolute atomic E-state index is 10.8. The Morgan fingerprint density at radius 1 is 1.31 bits per heavy atom. The van der Waals surface area contributed by atoms with E-state index in [1.807, 2.05) is 0 Å². The van der Waals surface area contributed by atoms with Crippen LogP contribution in [0.25, 0.3) is 0 Å². The van der Waals surface area contributed by atoms with Crippen LogP contribution in [0.4, 0.5) is 0 Å². The van der Waals surface area contributed by atoms with Crippen LogP contribution in [-0.4, -0.2) is 22.0 Å². The molecule has 0 aromatic rings. The fourth-order valence-corrected chi connectivity index (χ4v) is 2.66. The van der Waals surface area contributed by atoms with Crippen molar-refractivity contribution in [3.05, 3.63) is 0 Å². The van der Waals surface area contributed by atoms with Gasteiger partial charge in [0, 0.05) is 11.8 Å². The Kier molecular flexibility index (Phi) is 1.98. The van der Waals surface area contributed by atoms with Gasteiger partial charge in [-0.25, -0.2) is 0 Å². The second-order valence-electron chi connectivity index (χ2n) is 4.00. The Bertz CT molecular complexity index is 246. The van der Waals surface area contributed by atoms with Crippen LogP contribution in [0.3, 0.4) is 0 Å². The third-order valence-corrected chi connectivity index (χ3v) is 3.30. The lowest BCUT2D eigenvalue weighted by Gasteiger charge is -2.25. The summed E-state index contributed by atoms with van der Waals surface area (Å²) in [5.41, 5.74) is 0.845. The smallest absolute Gasteiger partial charge is 0.306 e. The highest BCUT2D eigenvalue weighted by Gasteiger charge is 2.42. The standard InChI is InChI=1S/C9H13NO3/c11-9(12)7-3-5-1-2-6(4-7)8(5)10-13/h5-7,13H,1-4H2,(H,11,12)/t5-,6+,7?. The van der Waals surface area contributed by atoms with Crippen molar-refractivity contribution in [2.45, 2.75) is 25.7 Å². The molecule has 2 N–H and O–H groups in total. The van der Waals surface area contributed by atoms with Crippen molar-refractivity contribution in [1.82, 2.24) is 0 Å². The second kappa shape index (κ2) is 3.01. The van der Waals surface area contributed by atoms with Crippen molar-refractivity contribution < 1.29 is 15.1 Å². The molecule has 3 atom stereocenters. The van der Waals surface area contributed by atoms with Crippen molar-refractivity contribution >= 4 is 11.7 Å². The van der Waals surface area contributed by atoms with Crippen LogP contribution in [0.15, 0.2) is 5.16 Å². The lowest BCUT2D eigenvalue weighted by molar-refractivity contribution is -0.142. The summed E-state index contributed by atoms with van der Waals surface area (Å²) in [6.07, 6.45) is 3.30. The van der Waals surface area contributed by atoms with Gasteiger partial charge in [0.25, 0.3) is 0 Å². The molecule has 0 saturated heterocycles. The van der Waals surface area contributed by atoms with Gasteiger partial charge in [0.1, 0.15) is 0 Å². The molecule has 2 rings (SSSR count). The average molecular weight is 183 g/mol. The molecule has 0 aliphatic heterocycles. The third kappa shape index (κ3) is 1.30. The summed E-state index contributed by atoms with van der Waals surface area (Å²) in [4.78, 5) is 10.8. The van der Waals surface area contributed by atoms with E-state index in [9.17, 15) is 4.79 Å². The molecule has 0 spiro atoms. The van der Waals surface area contributed by atoms with Crippen molar-refractivity contribution in [1.29, 1.82) is 0 Å². The van der Waals surface area contributed by atoms with Gasteiger partial charge in [0.2, 0.25) is 0 Å². The summed E-state index contributed by atoms with van der Waals surface area (Å²) < 4.78 is 0. The minimum absolute atomic E-state index is 0.219. The first-order valence-electron chi connectivity index (χ1n) is 4.67. The Balaban J connectivity index is 2.15. The topological polar surface area (TPSA) is 69.9 Å². The Morgan fingerprint density at radius 2 is 1.85 bits per heavy atom. The van der Waals surface area contributed by atoms with Crippen molar-refractivity contribution in [3.63, 3.8) is 0 Å². The van der Waals surface area contributed by atoms with Crippen LogP contribution in [-0.2, 0) is 4.79 Å². The number of rotatable bonds is 1. The van der Waals surface area contributed by atoms with Gasteiger partial charge in [-0.2, -0.15) is 0 Å². The highest BCUT2D eigenvalue weighted by Crippen LogP contribution is 2.42. The van der Waals surface area contributed by atoms with Gasteiger partial charge in [0.05, 0.1) is 11.6 Å². The van der Waals surface area contributed by atoms with E-state index in [1.54, 1.807) is 0 Å². The fourth-order valence-electron chi connectivity index (χ4n) is 2.66. The van der Waals surface area contributed by atoms with E-state index >= 15 is 0 Å². The number of oxime groups is 1. The maximum Gasteiger partial charge on any atom is 0.306 e. The predicted molar refractivity (Wildman–Crippen MR) is 45.8 cm³/mol. The molecule has 0 heterocycles. The minimum Gasteiger partial charge on any atom is -0.481 e. The largest absolute Gasteiger partial charge is 0.481 e. The zero-order valence-corrected chi connectivity index (χ0v) is 7.31. The number of aliphatic carboxylic acids is 1. The molecule has 2 aliphatic carbocycles. The molecule has 4 heteroatoms. The summed E-state index contributed by atoms with van der Waals surface area (Å²) in [6, 6.07) is 0. The van der Waals surface area contributed by atoms with Crippen LogP contribution in [0.1, 0.15) is 25.7 Å². The zero-order chi connectivity index (χ0) is 9.42. The normalized spacial score (nSPS) is 40.9. The highest BCUT2D eigenvalue weighted by atomic mass is 16.4. The van der Waals surface area contributed by atoms with Crippen LogP contribution >= 0.6 is 0 Å². The molecule has 72 valence electrons. The van der Waals surface area contributed by atoms with E-state index in [2.05, 4.69) is 5.16 Å². The van der Waals surface area contributed by atoms with E-state index in [4.69, 9.17) is 10.3 Å². The van der Waals surface area contributed by atoms with Gasteiger partial charge in [-0.3, -0.25) is 4.79 Å². The number of fused-ring (bicyclic) bond motifs is 2. The third-order valence-electron chi connectivity index (χ3n) is 3.30. The van der Waals surface area contributed by atoms with Gasteiger partial charge in [-0.05, 0) is 25.7 Å². The minimum atomic E-state index is -0.700. The van der Waals surface area contributed by atoms with Crippen LogP contribution in [0.5, 0.6) is 0 Å². The van der Waals surface area contributed by atoms with Crippen molar-refractivity contribution in [3.8, 4) is 0 Å². The molecule has 2 bridgehead atoms. The molecular weight excluding hydrogens is 170 g/mol. The van der Waals surface area contributed by atoms with Gasteiger partial charge >= 0.3 is 5.97 Å². The first-order valence-corrected chi connectivity index (χ1v) is 4.67. The number of hydrogen-bond donors (Lipinski definition) is 2. The molecule has 1 unspecified atom stereocenters. The average Bonchev–Trinajstić information content (AvgIpc) is 2.34. The van der Waals surface area contributed by atoms with Gasteiger partial charge in [0.15, 0.2) is 0 Å². The molecule has 2 aliphatic rings. The maximum atomic E-state index is 10.8. The quantitative estimate of drug-likeness (QED) is 0.476. The number of carboxylic acids is 1. The second-order valence-corrected chi connectivity index (χ2v) is 4.00. The summed E-state index contributed by atoms with van der Waals surface area (Å²) >= 11 is 0. The predicted octanol–water partition coefficient (Wildman–Crippen LogP) is 1.34. The molecule has 4 nitrogen and oxygen atoms in total. The molecule has 13 heavy (non-hydrogen) atoms. The van der Waals surface area contributed by atoms with E-state index in [-0.39, 0.29) is 17.8 Å². The fraction of sp³-hybridized carbons (Fsp3) is 0.778. The zero-order valence-electron chi connectivity index (χ0n) is 7.31. The first-order chi connectivity index (χ1) is 6.22. The molecule has 2 saturated carbocycles. The monoisotopic (exact) mass is 183 g/mol. The summed E-state index contributed by atoms with van der Waals surface area (Å²) in [5, 5.41) is 20.9. The molecule has 0 radical (unpaired) electrons. The van der Waals surface area contributed by atoms with Crippen molar-refractivity contribution in [2.24, 2.45) is 22.9 Å². The van der Waals surface area contributed by atoms with E-state index in [1.165, 1.54) is 0 Å². The summed E-state index contributed by atoms with van der Waals surface area (Å²) in [7, 11) is 0. The van der Waals surface area contributed by atoms with E-state index < -0.39 is 5.97 Å². The highest BCUT2D eigenvalue weighted by molar-refractivity contribution is 5.92. The first kappa shape index (κ1) is 8.53. The van der Waals surface area contributed by atoms with Gasteiger partial charge < -0.3 is 10.3 Å². The van der Waals surface area contributed by atoms with Gasteiger partial charge in [-0.1, -0.05) is 5.16 Å². The Morgan fingerprint density at radius 3 is 2.23 bits per heavy atom. The number of carboxylic acid groups (broad SMARTS) is 1. The SMILES string of the molecule is O=C(O)C1C[C@H]2CC[C@@H](C1)C2=NO. The Hall–Kier alpha value is -1.06. The molecule has 2 fully saturated rings. The van der Waals surface area contributed by atoms with Crippen LogP contribution < -0.4 is 0 Å². The molecule has 0 aromatic heterocycles. The number of hydrogen-bond acceptors (Lipinski definition) is 3. The number of nitrogens with zero attached hydrogens (tertiary/aromatic N) is 1. The lowest BCUT2D eigenvalue weighted by atomic mass is 9.79. The lowest BCUT2D eigenvalue weighted by Crippen LogP contribution is -2.30. The van der Waals surface area contributed by atoms with E-state index in [0.717, 1.165) is 18.6 Å².